The van der Waals surface area contributed by atoms with Gasteiger partial charge in [0.05, 0.1) is 18.4 Å². The van der Waals surface area contributed by atoms with E-state index >= 15 is 0 Å². The molecule has 0 unspecified atom stereocenters. The molecule has 0 bridgehead atoms. The maximum Gasteiger partial charge on any atom is 0.0774 e. The van der Waals surface area contributed by atoms with Gasteiger partial charge in [0, 0.05) is 51.3 Å². The number of hydrogen-bond donors (Lipinski definition) is 1. The number of hydrogen-bond acceptors (Lipinski definition) is 4. The van der Waals surface area contributed by atoms with Gasteiger partial charge in [0.1, 0.15) is 0 Å². The van der Waals surface area contributed by atoms with Crippen LogP contribution in [-0.2, 0) is 11.8 Å². The second kappa shape index (κ2) is 7.54. The van der Waals surface area contributed by atoms with Crippen LogP contribution < -0.4 is 0 Å². The normalized spacial score (nSPS) is 34.8. The summed E-state index contributed by atoms with van der Waals surface area (Å²) in [5.74, 6) is 1.70. The summed E-state index contributed by atoms with van der Waals surface area (Å²) < 4.78 is 7.62. The van der Waals surface area contributed by atoms with Crippen molar-refractivity contribution in [3.8, 4) is 0 Å². The van der Waals surface area contributed by atoms with Crippen molar-refractivity contribution in [1.29, 1.82) is 0 Å². The predicted molar refractivity (Wildman–Crippen MR) is 95.0 cm³/mol. The molecule has 1 saturated heterocycles. The number of β-amino-alcohol motifs (C(OH)–C–C–N with tert-alkyl or cyclic N) is 1. The maximum atomic E-state index is 11.0. The zero-order chi connectivity index (χ0) is 17.2. The van der Waals surface area contributed by atoms with Gasteiger partial charge in [-0.1, -0.05) is 6.92 Å². The van der Waals surface area contributed by atoms with Gasteiger partial charge in [-0.25, -0.2) is 0 Å². The average Bonchev–Trinajstić information content (AvgIpc) is 3.14. The molecule has 3 rings (SSSR count). The van der Waals surface area contributed by atoms with E-state index in [2.05, 4.69) is 30.0 Å². The van der Waals surface area contributed by atoms with Gasteiger partial charge in [0.15, 0.2) is 0 Å². The number of aryl methyl sites for hydroxylation is 1. The van der Waals surface area contributed by atoms with E-state index in [4.69, 9.17) is 4.74 Å². The van der Waals surface area contributed by atoms with Crippen LogP contribution in [0.3, 0.4) is 0 Å². The minimum atomic E-state index is -0.494. The first kappa shape index (κ1) is 17.9. The number of rotatable bonds is 6. The van der Waals surface area contributed by atoms with Gasteiger partial charge >= 0.3 is 0 Å². The van der Waals surface area contributed by atoms with Crippen molar-refractivity contribution in [2.24, 2.45) is 18.9 Å². The molecule has 1 aliphatic carbocycles. The van der Waals surface area contributed by atoms with Crippen LogP contribution in [0, 0.1) is 11.8 Å². The minimum absolute atomic E-state index is 0.455. The highest BCUT2D eigenvalue weighted by molar-refractivity contribution is 5.16. The molecule has 2 heterocycles. The molecule has 0 radical (unpaired) electrons. The van der Waals surface area contributed by atoms with E-state index in [0.717, 1.165) is 64.4 Å². The summed E-state index contributed by atoms with van der Waals surface area (Å²) in [6.45, 7) is 8.72. The van der Waals surface area contributed by atoms with Gasteiger partial charge in [0.2, 0.25) is 0 Å². The van der Waals surface area contributed by atoms with E-state index < -0.39 is 5.60 Å². The first-order chi connectivity index (χ1) is 11.5. The number of ether oxygens (including phenoxy) is 1. The molecule has 1 saturated carbocycles. The molecular weight excluding hydrogens is 302 g/mol. The number of aromatic nitrogens is 2. The Hall–Kier alpha value is -0.910. The average molecular weight is 335 g/mol. The van der Waals surface area contributed by atoms with Crippen LogP contribution in [0.15, 0.2) is 12.4 Å². The molecular formula is C19H33N3O2. The summed E-state index contributed by atoms with van der Waals surface area (Å²) in [6.07, 6.45) is 8.31. The molecule has 1 aliphatic heterocycles. The second-order valence-electron chi connectivity index (χ2n) is 8.07. The summed E-state index contributed by atoms with van der Waals surface area (Å²) in [5.41, 5.74) is 0.806. The van der Waals surface area contributed by atoms with Crippen LogP contribution >= 0.6 is 0 Å². The fourth-order valence-corrected chi connectivity index (χ4v) is 4.41. The van der Waals surface area contributed by atoms with Crippen LogP contribution in [0.4, 0.5) is 0 Å². The van der Waals surface area contributed by atoms with E-state index in [9.17, 15) is 5.11 Å². The number of aliphatic hydroxyl groups is 1. The van der Waals surface area contributed by atoms with Crippen LogP contribution in [0.5, 0.6) is 0 Å². The fraction of sp³-hybridized carbons (Fsp3) is 0.842. The van der Waals surface area contributed by atoms with E-state index in [1.54, 1.807) is 0 Å². The molecule has 136 valence electrons. The molecule has 24 heavy (non-hydrogen) atoms. The van der Waals surface area contributed by atoms with Crippen LogP contribution in [0.2, 0.25) is 0 Å². The molecule has 1 N–H and O–H groups in total. The lowest BCUT2D eigenvalue weighted by Gasteiger charge is -2.37. The Morgan fingerprint density at radius 2 is 2.08 bits per heavy atom. The van der Waals surface area contributed by atoms with E-state index in [1.807, 2.05) is 17.9 Å². The first-order valence-electron chi connectivity index (χ1n) is 9.50. The fourth-order valence-electron chi connectivity index (χ4n) is 4.41. The molecule has 0 amide bonds. The van der Waals surface area contributed by atoms with Gasteiger partial charge in [-0.15, -0.1) is 0 Å². The Morgan fingerprint density at radius 1 is 1.33 bits per heavy atom. The molecule has 1 aromatic rings. The highest BCUT2D eigenvalue weighted by Gasteiger charge is 2.40. The zero-order valence-electron chi connectivity index (χ0n) is 15.4. The van der Waals surface area contributed by atoms with Crippen LogP contribution in [-0.4, -0.2) is 58.2 Å². The maximum absolute atomic E-state index is 11.0. The van der Waals surface area contributed by atoms with E-state index in [-0.39, 0.29) is 0 Å². The van der Waals surface area contributed by atoms with Gasteiger partial charge in [0.25, 0.3) is 0 Å². The molecule has 5 heteroatoms. The van der Waals surface area contributed by atoms with Gasteiger partial charge in [-0.05, 0) is 44.1 Å². The third kappa shape index (κ3) is 4.19. The van der Waals surface area contributed by atoms with E-state index in [1.165, 1.54) is 5.56 Å². The van der Waals surface area contributed by atoms with Crippen LogP contribution in [0.25, 0.3) is 0 Å². The molecule has 0 spiro atoms. The Labute approximate surface area is 146 Å². The lowest BCUT2D eigenvalue weighted by atomic mass is 9.79. The van der Waals surface area contributed by atoms with Gasteiger partial charge in [-0.3, -0.25) is 9.58 Å². The Kier molecular flexibility index (Phi) is 5.63. The summed E-state index contributed by atoms with van der Waals surface area (Å²) in [5, 5.41) is 15.3. The van der Waals surface area contributed by atoms with Crippen molar-refractivity contribution in [2.75, 3.05) is 32.8 Å². The lowest BCUT2D eigenvalue weighted by molar-refractivity contribution is -0.0320. The molecule has 2 fully saturated rings. The van der Waals surface area contributed by atoms with Crippen LogP contribution in [0.1, 0.15) is 51.0 Å². The second-order valence-corrected chi connectivity index (χ2v) is 8.07. The highest BCUT2D eigenvalue weighted by atomic mass is 16.5. The van der Waals surface area contributed by atoms with Crippen molar-refractivity contribution in [2.45, 2.75) is 51.0 Å². The van der Waals surface area contributed by atoms with Crippen molar-refractivity contribution >= 4 is 0 Å². The summed E-state index contributed by atoms with van der Waals surface area (Å²) in [7, 11) is 1.97. The van der Waals surface area contributed by atoms with Crippen molar-refractivity contribution in [1.82, 2.24) is 14.7 Å². The summed E-state index contributed by atoms with van der Waals surface area (Å²) in [6, 6.07) is 0. The van der Waals surface area contributed by atoms with Crippen molar-refractivity contribution in [3.05, 3.63) is 18.0 Å². The smallest absolute Gasteiger partial charge is 0.0774 e. The highest BCUT2D eigenvalue weighted by Crippen LogP contribution is 2.37. The molecule has 2 aliphatic rings. The van der Waals surface area contributed by atoms with Gasteiger partial charge < -0.3 is 9.84 Å². The Balaban J connectivity index is 1.65. The third-order valence-corrected chi connectivity index (χ3v) is 5.93. The molecule has 1 aromatic heterocycles. The summed E-state index contributed by atoms with van der Waals surface area (Å²) in [4.78, 5) is 2.46. The quantitative estimate of drug-likeness (QED) is 0.867. The third-order valence-electron chi connectivity index (χ3n) is 5.93. The monoisotopic (exact) mass is 335 g/mol. The predicted octanol–water partition coefficient (Wildman–Crippen LogP) is 2.41. The van der Waals surface area contributed by atoms with Gasteiger partial charge in [-0.2, -0.15) is 5.10 Å². The van der Waals surface area contributed by atoms with Crippen molar-refractivity contribution in [3.63, 3.8) is 0 Å². The SMILES string of the molecule is CCOC[C@@H]1CN(CC2(O)CCC(C)CC2)C[C@H]1c1cnn(C)c1. The standard InChI is InChI=1S/C19H33N3O2/c1-4-24-13-17-11-22(12-18(17)16-9-20-21(3)10-16)14-19(23)7-5-15(2)6-8-19/h9-10,15,17-18,23H,4-8,11-14H2,1-3H3/t15?,17-,18-,19?/m0/s1. The Bertz CT molecular complexity index is 522. The molecule has 2 atom stereocenters. The largest absolute Gasteiger partial charge is 0.389 e. The first-order valence-corrected chi connectivity index (χ1v) is 9.50. The molecule has 0 aromatic carbocycles. The zero-order valence-corrected chi connectivity index (χ0v) is 15.4. The lowest BCUT2D eigenvalue weighted by Crippen LogP contribution is -2.44. The molecule has 5 nitrogen and oxygen atoms in total. The minimum Gasteiger partial charge on any atom is -0.389 e. The number of nitrogens with zero attached hydrogens (tertiary/aromatic N) is 3. The number of likely N-dealkylation sites (tertiary alicyclic amines) is 1. The topological polar surface area (TPSA) is 50.5 Å². The van der Waals surface area contributed by atoms with E-state index in [0.29, 0.717) is 11.8 Å². The van der Waals surface area contributed by atoms with Crippen molar-refractivity contribution < 1.29 is 9.84 Å². The Morgan fingerprint density at radius 3 is 2.71 bits per heavy atom. The summed E-state index contributed by atoms with van der Waals surface area (Å²) >= 11 is 0.